The van der Waals surface area contributed by atoms with E-state index in [1.807, 2.05) is 0 Å². The van der Waals surface area contributed by atoms with Gasteiger partial charge in [-0.2, -0.15) is 4.72 Å². The highest BCUT2D eigenvalue weighted by molar-refractivity contribution is 7.89. The molecule has 118 valence electrons. The van der Waals surface area contributed by atoms with E-state index in [-0.39, 0.29) is 10.6 Å². The number of nitrogens with one attached hydrogen (secondary N) is 1. The summed E-state index contributed by atoms with van der Waals surface area (Å²) >= 11 is 0. The molecule has 0 aliphatic carbocycles. The fourth-order valence-corrected chi connectivity index (χ4v) is 2.94. The second-order valence-electron chi connectivity index (χ2n) is 5.53. The van der Waals surface area contributed by atoms with E-state index in [0.717, 1.165) is 0 Å². The standard InChI is InChI=1S/C14H21NO5S/c1-10(13(16)20-14(2,3)4)15-21(17,18)12-9-7-6-8-11(12)19-5/h6-10,15H,1-5H3/t10-/m0/s1. The van der Waals surface area contributed by atoms with Crippen LogP contribution in [-0.4, -0.2) is 33.1 Å². The Balaban J connectivity index is 2.93. The first kappa shape index (κ1) is 17.5. The van der Waals surface area contributed by atoms with Gasteiger partial charge in [0.1, 0.15) is 22.3 Å². The molecule has 21 heavy (non-hydrogen) atoms. The zero-order valence-corrected chi connectivity index (χ0v) is 13.7. The number of methoxy groups -OCH3 is 1. The molecule has 1 atom stereocenters. The van der Waals surface area contributed by atoms with Crippen molar-refractivity contribution in [1.82, 2.24) is 4.72 Å². The quantitative estimate of drug-likeness (QED) is 0.836. The van der Waals surface area contributed by atoms with Gasteiger partial charge in [-0.1, -0.05) is 12.1 Å². The van der Waals surface area contributed by atoms with Crippen molar-refractivity contribution < 1.29 is 22.7 Å². The average Bonchev–Trinajstić information content (AvgIpc) is 2.36. The van der Waals surface area contributed by atoms with Gasteiger partial charge in [-0.25, -0.2) is 8.42 Å². The Kier molecular flexibility index (Phi) is 5.36. The molecular formula is C14H21NO5S. The topological polar surface area (TPSA) is 81.7 Å². The maximum absolute atomic E-state index is 12.3. The molecule has 0 aliphatic heterocycles. The van der Waals surface area contributed by atoms with Gasteiger partial charge in [0.25, 0.3) is 0 Å². The zero-order valence-electron chi connectivity index (χ0n) is 12.8. The summed E-state index contributed by atoms with van der Waals surface area (Å²) in [4.78, 5) is 11.8. The molecule has 1 rings (SSSR count). The van der Waals surface area contributed by atoms with Crippen LogP contribution in [0.1, 0.15) is 27.7 Å². The molecule has 0 saturated carbocycles. The molecule has 0 bridgehead atoms. The van der Waals surface area contributed by atoms with Crippen LogP contribution in [0, 0.1) is 0 Å². The van der Waals surface area contributed by atoms with Gasteiger partial charge < -0.3 is 9.47 Å². The number of sulfonamides is 1. The largest absolute Gasteiger partial charge is 0.495 e. The van der Waals surface area contributed by atoms with E-state index in [1.54, 1.807) is 32.9 Å². The smallest absolute Gasteiger partial charge is 0.324 e. The summed E-state index contributed by atoms with van der Waals surface area (Å²) in [7, 11) is -2.50. The Labute approximate surface area is 125 Å². The molecule has 0 aliphatic rings. The number of ether oxygens (including phenoxy) is 2. The molecule has 0 unspecified atom stereocenters. The fourth-order valence-electron chi connectivity index (χ4n) is 1.58. The van der Waals surface area contributed by atoms with Gasteiger partial charge in [0.15, 0.2) is 0 Å². The van der Waals surface area contributed by atoms with Crippen molar-refractivity contribution in [2.75, 3.05) is 7.11 Å². The number of esters is 1. The molecule has 0 radical (unpaired) electrons. The highest BCUT2D eigenvalue weighted by atomic mass is 32.2. The first-order valence-electron chi connectivity index (χ1n) is 6.45. The van der Waals surface area contributed by atoms with Crippen LogP contribution in [0.5, 0.6) is 5.75 Å². The van der Waals surface area contributed by atoms with Crippen molar-refractivity contribution in [3.63, 3.8) is 0 Å². The number of hydrogen-bond donors (Lipinski definition) is 1. The molecule has 0 spiro atoms. The predicted molar refractivity (Wildman–Crippen MR) is 78.6 cm³/mol. The van der Waals surface area contributed by atoms with Crippen molar-refractivity contribution in [3.8, 4) is 5.75 Å². The molecule has 1 aromatic rings. The third-order valence-electron chi connectivity index (χ3n) is 2.45. The normalized spacial score (nSPS) is 13.6. The first-order chi connectivity index (χ1) is 9.57. The Morgan fingerprint density at radius 1 is 1.24 bits per heavy atom. The van der Waals surface area contributed by atoms with E-state index in [9.17, 15) is 13.2 Å². The average molecular weight is 315 g/mol. The van der Waals surface area contributed by atoms with Crippen molar-refractivity contribution >= 4 is 16.0 Å². The Hall–Kier alpha value is -1.60. The summed E-state index contributed by atoms with van der Waals surface area (Å²) in [5.41, 5.74) is -0.679. The second-order valence-corrected chi connectivity index (χ2v) is 7.21. The van der Waals surface area contributed by atoms with Crippen LogP contribution < -0.4 is 9.46 Å². The molecule has 6 nitrogen and oxygen atoms in total. The summed E-state index contributed by atoms with van der Waals surface area (Å²) < 4.78 is 37.0. The maximum Gasteiger partial charge on any atom is 0.324 e. The molecular weight excluding hydrogens is 294 g/mol. The summed E-state index contributed by atoms with van der Waals surface area (Å²) in [6.45, 7) is 6.58. The van der Waals surface area contributed by atoms with Crippen LogP contribution in [-0.2, 0) is 19.6 Å². The molecule has 0 aromatic heterocycles. The fraction of sp³-hybridized carbons (Fsp3) is 0.500. The number of para-hydroxylation sites is 1. The third kappa shape index (κ3) is 5.02. The van der Waals surface area contributed by atoms with E-state index in [1.165, 1.54) is 26.2 Å². The molecule has 0 fully saturated rings. The SMILES string of the molecule is COc1ccccc1S(=O)(=O)N[C@@H](C)C(=O)OC(C)(C)C. The lowest BCUT2D eigenvalue weighted by Crippen LogP contribution is -2.42. The van der Waals surface area contributed by atoms with Crippen LogP contribution in [0.4, 0.5) is 0 Å². The molecule has 7 heteroatoms. The van der Waals surface area contributed by atoms with Crippen LogP contribution in [0.15, 0.2) is 29.2 Å². The van der Waals surface area contributed by atoms with Gasteiger partial charge in [0.05, 0.1) is 7.11 Å². The number of benzene rings is 1. The maximum atomic E-state index is 12.3. The Bertz CT molecular complexity index is 604. The van der Waals surface area contributed by atoms with Crippen LogP contribution in [0.25, 0.3) is 0 Å². The highest BCUT2D eigenvalue weighted by Gasteiger charge is 2.27. The van der Waals surface area contributed by atoms with Gasteiger partial charge in [-0.05, 0) is 39.8 Å². The van der Waals surface area contributed by atoms with Crippen LogP contribution in [0.2, 0.25) is 0 Å². The lowest BCUT2D eigenvalue weighted by Gasteiger charge is -2.22. The third-order valence-corrected chi connectivity index (χ3v) is 4.03. The number of carbonyl (C=O) groups is 1. The number of rotatable bonds is 5. The predicted octanol–water partition coefficient (Wildman–Crippen LogP) is 1.70. The number of carbonyl (C=O) groups excluding carboxylic acids is 1. The van der Waals surface area contributed by atoms with Crippen molar-refractivity contribution in [3.05, 3.63) is 24.3 Å². The Morgan fingerprint density at radius 2 is 1.81 bits per heavy atom. The van der Waals surface area contributed by atoms with E-state index in [4.69, 9.17) is 9.47 Å². The van der Waals surface area contributed by atoms with E-state index in [0.29, 0.717) is 0 Å². The molecule has 1 aromatic carbocycles. The van der Waals surface area contributed by atoms with Crippen LogP contribution in [0.3, 0.4) is 0 Å². The van der Waals surface area contributed by atoms with E-state index >= 15 is 0 Å². The van der Waals surface area contributed by atoms with Crippen LogP contribution >= 0.6 is 0 Å². The van der Waals surface area contributed by atoms with E-state index < -0.39 is 27.6 Å². The molecule has 0 heterocycles. The minimum absolute atomic E-state index is 0.0251. The lowest BCUT2D eigenvalue weighted by atomic mass is 10.2. The van der Waals surface area contributed by atoms with Crippen molar-refractivity contribution in [2.45, 2.75) is 44.2 Å². The summed E-state index contributed by atoms with van der Waals surface area (Å²) in [6, 6.07) is 5.18. The minimum atomic E-state index is -3.88. The minimum Gasteiger partial charge on any atom is -0.495 e. The summed E-state index contributed by atoms with van der Waals surface area (Å²) in [5, 5.41) is 0. The summed E-state index contributed by atoms with van der Waals surface area (Å²) in [6.07, 6.45) is 0. The van der Waals surface area contributed by atoms with Crippen molar-refractivity contribution in [2.24, 2.45) is 0 Å². The molecule has 1 N–H and O–H groups in total. The molecule has 0 amide bonds. The van der Waals surface area contributed by atoms with Gasteiger partial charge in [-0.3, -0.25) is 4.79 Å². The van der Waals surface area contributed by atoms with Gasteiger partial charge in [-0.15, -0.1) is 0 Å². The summed E-state index contributed by atoms with van der Waals surface area (Å²) in [5.74, 6) is -0.428. The van der Waals surface area contributed by atoms with E-state index in [2.05, 4.69) is 4.72 Å². The Morgan fingerprint density at radius 3 is 2.33 bits per heavy atom. The molecule has 0 saturated heterocycles. The zero-order chi connectivity index (χ0) is 16.3. The first-order valence-corrected chi connectivity index (χ1v) is 7.93. The monoisotopic (exact) mass is 315 g/mol. The van der Waals surface area contributed by atoms with Gasteiger partial charge >= 0.3 is 5.97 Å². The van der Waals surface area contributed by atoms with Crippen molar-refractivity contribution in [1.29, 1.82) is 0 Å². The number of hydrogen-bond acceptors (Lipinski definition) is 5. The highest BCUT2D eigenvalue weighted by Crippen LogP contribution is 2.23. The lowest BCUT2D eigenvalue weighted by molar-refractivity contribution is -0.156. The van der Waals surface area contributed by atoms with Gasteiger partial charge in [0, 0.05) is 0 Å². The van der Waals surface area contributed by atoms with Gasteiger partial charge in [0.2, 0.25) is 10.0 Å². The second kappa shape index (κ2) is 6.44.